The van der Waals surface area contributed by atoms with Crippen LogP contribution in [0.15, 0.2) is 35.8 Å². The Hall–Kier alpha value is -2.41. The SMILES string of the molecule is C#[N+]C1=C(/C=C\C)[C@]2(Cc3cnc(C)cc3C2)C(=O)N1. The van der Waals surface area contributed by atoms with E-state index in [1.54, 1.807) is 0 Å². The van der Waals surface area contributed by atoms with E-state index in [-0.39, 0.29) is 5.91 Å². The molecule has 1 spiro atoms. The van der Waals surface area contributed by atoms with Gasteiger partial charge in [0.25, 0.3) is 0 Å². The maximum absolute atomic E-state index is 12.5. The summed E-state index contributed by atoms with van der Waals surface area (Å²) < 4.78 is 0. The third-order valence-electron chi connectivity index (χ3n) is 4.10. The van der Waals surface area contributed by atoms with E-state index in [0.717, 1.165) is 16.8 Å². The van der Waals surface area contributed by atoms with Crippen molar-refractivity contribution in [2.75, 3.05) is 0 Å². The van der Waals surface area contributed by atoms with Crippen molar-refractivity contribution in [2.45, 2.75) is 26.7 Å². The average molecular weight is 266 g/mol. The van der Waals surface area contributed by atoms with Gasteiger partial charge in [0.1, 0.15) is 12.0 Å². The number of allylic oxidation sites excluding steroid dienone is 2. The number of nitrogens with zero attached hydrogens (tertiary/aromatic N) is 2. The van der Waals surface area contributed by atoms with E-state index >= 15 is 0 Å². The van der Waals surface area contributed by atoms with Crippen LogP contribution in [0.4, 0.5) is 0 Å². The Bertz CT molecular complexity index is 709. The molecule has 3 rings (SSSR count). The van der Waals surface area contributed by atoms with E-state index in [2.05, 4.69) is 21.2 Å². The molecular weight excluding hydrogens is 250 g/mol. The monoisotopic (exact) mass is 266 g/mol. The smallest absolute Gasteiger partial charge is 0.261 e. The highest BCUT2D eigenvalue weighted by Gasteiger charge is 2.56. The summed E-state index contributed by atoms with van der Waals surface area (Å²) in [5, 5.41) is 2.80. The second kappa shape index (κ2) is 4.31. The molecule has 0 radical (unpaired) electrons. The number of carbonyl (C=O) groups excluding carboxylic acids is 1. The average Bonchev–Trinajstić information content (AvgIpc) is 2.92. The Morgan fingerprint density at radius 2 is 2.20 bits per heavy atom. The number of amides is 1. The summed E-state index contributed by atoms with van der Waals surface area (Å²) in [5.74, 6) is 0.453. The normalized spacial score (nSPS) is 24.4. The van der Waals surface area contributed by atoms with Crippen LogP contribution in [0.5, 0.6) is 0 Å². The lowest BCUT2D eigenvalue weighted by Gasteiger charge is -2.18. The minimum absolute atomic E-state index is 0.0244. The molecule has 1 aliphatic carbocycles. The molecule has 1 aromatic rings. The summed E-state index contributed by atoms with van der Waals surface area (Å²) in [5.41, 5.74) is 3.59. The molecule has 0 unspecified atom stereocenters. The van der Waals surface area contributed by atoms with Crippen molar-refractivity contribution in [3.05, 3.63) is 57.5 Å². The van der Waals surface area contributed by atoms with Crippen molar-refractivity contribution in [1.29, 1.82) is 0 Å². The maximum atomic E-state index is 12.5. The largest absolute Gasteiger partial charge is 0.389 e. The first-order chi connectivity index (χ1) is 9.60. The van der Waals surface area contributed by atoms with Crippen molar-refractivity contribution in [3.8, 4) is 6.57 Å². The molecule has 1 amide bonds. The summed E-state index contributed by atoms with van der Waals surface area (Å²) in [4.78, 5) is 20.5. The molecule has 1 aromatic heterocycles. The number of pyridine rings is 1. The molecule has 0 fully saturated rings. The summed E-state index contributed by atoms with van der Waals surface area (Å²) in [6.45, 7) is 9.29. The van der Waals surface area contributed by atoms with E-state index in [4.69, 9.17) is 6.57 Å². The number of carbonyl (C=O) groups is 1. The zero-order valence-corrected chi connectivity index (χ0v) is 11.6. The van der Waals surface area contributed by atoms with Gasteiger partial charge in [0.15, 0.2) is 0 Å². The zero-order chi connectivity index (χ0) is 14.3. The molecule has 4 nitrogen and oxygen atoms in total. The molecule has 100 valence electrons. The lowest BCUT2D eigenvalue weighted by atomic mass is 9.78. The van der Waals surface area contributed by atoms with Crippen molar-refractivity contribution in [1.82, 2.24) is 10.3 Å². The molecule has 0 aromatic carbocycles. The fraction of sp³-hybridized carbons (Fsp3) is 0.312. The molecule has 4 heteroatoms. The first-order valence-corrected chi connectivity index (χ1v) is 6.65. The van der Waals surface area contributed by atoms with Crippen LogP contribution in [0.2, 0.25) is 0 Å². The summed E-state index contributed by atoms with van der Waals surface area (Å²) >= 11 is 0. The van der Waals surface area contributed by atoms with Crippen LogP contribution in [-0.4, -0.2) is 10.9 Å². The Kier molecular flexibility index (Phi) is 2.72. The van der Waals surface area contributed by atoms with Crippen LogP contribution in [0.25, 0.3) is 4.85 Å². The molecule has 20 heavy (non-hydrogen) atoms. The van der Waals surface area contributed by atoms with Crippen LogP contribution in [0.3, 0.4) is 0 Å². The van der Waals surface area contributed by atoms with Gasteiger partial charge in [-0.15, -0.1) is 0 Å². The lowest BCUT2D eigenvalue weighted by molar-refractivity contribution is -0.126. The van der Waals surface area contributed by atoms with Crippen molar-refractivity contribution < 1.29 is 4.79 Å². The Morgan fingerprint density at radius 3 is 2.90 bits per heavy atom. The fourth-order valence-corrected chi connectivity index (χ4v) is 3.18. The molecule has 0 bridgehead atoms. The third kappa shape index (κ3) is 1.60. The van der Waals surface area contributed by atoms with E-state index in [9.17, 15) is 4.79 Å². The van der Waals surface area contributed by atoms with E-state index in [0.29, 0.717) is 18.7 Å². The number of aromatic nitrogens is 1. The highest BCUT2D eigenvalue weighted by atomic mass is 16.2. The van der Waals surface area contributed by atoms with E-state index in [1.165, 1.54) is 5.56 Å². The highest BCUT2D eigenvalue weighted by molar-refractivity contribution is 5.94. The fourth-order valence-electron chi connectivity index (χ4n) is 3.18. The molecule has 0 saturated carbocycles. The maximum Gasteiger partial charge on any atom is 0.389 e. The van der Waals surface area contributed by atoms with Crippen LogP contribution >= 0.6 is 0 Å². The van der Waals surface area contributed by atoms with Crippen LogP contribution < -0.4 is 5.32 Å². The van der Waals surface area contributed by atoms with Gasteiger partial charge in [-0.2, -0.15) is 10.2 Å². The predicted octanol–water partition coefficient (Wildman–Crippen LogP) is 2.36. The lowest BCUT2D eigenvalue weighted by Crippen LogP contribution is -2.34. The second-order valence-electron chi connectivity index (χ2n) is 5.38. The van der Waals surface area contributed by atoms with Crippen LogP contribution in [0.1, 0.15) is 23.7 Å². The van der Waals surface area contributed by atoms with Crippen molar-refractivity contribution in [2.24, 2.45) is 5.41 Å². The van der Waals surface area contributed by atoms with Crippen LogP contribution in [-0.2, 0) is 17.6 Å². The van der Waals surface area contributed by atoms with Gasteiger partial charge in [0, 0.05) is 11.9 Å². The minimum Gasteiger partial charge on any atom is -0.261 e. The molecule has 1 aliphatic heterocycles. The molecule has 2 heterocycles. The molecular formula is C16H16N3O+. The molecule has 0 saturated heterocycles. The first kappa shape index (κ1) is 12.6. The standard InChI is InChI=1S/C16H15N3O/c1-4-5-13-14(17-3)19-15(20)16(13)7-11-6-10(2)18-9-12(11)8-16/h3-6,9H,7-8H2,1-2H3/p+1/b5-4-/t16-/m0/s1. The van der Waals surface area contributed by atoms with Gasteiger partial charge in [-0.05, 0) is 43.9 Å². The van der Waals surface area contributed by atoms with Crippen molar-refractivity contribution in [3.63, 3.8) is 0 Å². The molecule has 1 N–H and O–H groups in total. The number of aryl methyl sites for hydroxylation is 1. The second-order valence-corrected chi connectivity index (χ2v) is 5.38. The number of nitrogens with one attached hydrogen (secondary N) is 1. The van der Waals surface area contributed by atoms with Gasteiger partial charge in [0.2, 0.25) is 0 Å². The zero-order valence-electron chi connectivity index (χ0n) is 11.6. The summed E-state index contributed by atoms with van der Waals surface area (Å²) in [7, 11) is 0. The van der Waals surface area contributed by atoms with Gasteiger partial charge in [-0.25, -0.2) is 4.79 Å². The number of rotatable bonds is 1. The van der Waals surface area contributed by atoms with Crippen LogP contribution in [0, 0.1) is 18.9 Å². The van der Waals surface area contributed by atoms with E-state index in [1.807, 2.05) is 32.2 Å². The summed E-state index contributed by atoms with van der Waals surface area (Å²) in [6.07, 6.45) is 7.04. The highest BCUT2D eigenvalue weighted by Crippen LogP contribution is 2.47. The van der Waals surface area contributed by atoms with Gasteiger partial charge < -0.3 is 0 Å². The van der Waals surface area contributed by atoms with Gasteiger partial charge >= 0.3 is 11.7 Å². The summed E-state index contributed by atoms with van der Waals surface area (Å²) in [6, 6.07) is 2.06. The van der Waals surface area contributed by atoms with Crippen molar-refractivity contribution >= 4 is 5.91 Å². The number of hydrogen-bond acceptors (Lipinski definition) is 2. The predicted molar refractivity (Wildman–Crippen MR) is 77.1 cm³/mol. The van der Waals surface area contributed by atoms with Gasteiger partial charge in [-0.3, -0.25) is 4.98 Å². The Labute approximate surface area is 118 Å². The topological polar surface area (TPSA) is 46.4 Å². The molecule has 2 aliphatic rings. The van der Waals surface area contributed by atoms with E-state index < -0.39 is 5.41 Å². The Morgan fingerprint density at radius 1 is 1.45 bits per heavy atom. The number of fused-ring (bicyclic) bond motifs is 1. The Balaban J connectivity index is 2.12. The third-order valence-corrected chi connectivity index (χ3v) is 4.10. The first-order valence-electron chi connectivity index (χ1n) is 6.65. The molecule has 1 atom stereocenters. The van der Waals surface area contributed by atoms with Gasteiger partial charge in [0.05, 0.1) is 5.57 Å². The quantitative estimate of drug-likeness (QED) is 0.848. The minimum atomic E-state index is -0.581. The van der Waals surface area contributed by atoms with Gasteiger partial charge in [-0.1, -0.05) is 12.2 Å². The number of hydrogen-bond donors (Lipinski definition) is 1.